The monoisotopic (exact) mass is 266 g/mol. The molecule has 2 rings (SSSR count). The Labute approximate surface area is 111 Å². The van der Waals surface area contributed by atoms with Crippen molar-refractivity contribution in [2.45, 2.75) is 26.3 Å². The van der Waals surface area contributed by atoms with Gasteiger partial charge in [0, 0.05) is 6.54 Å². The van der Waals surface area contributed by atoms with Crippen molar-refractivity contribution >= 4 is 35.0 Å². The summed E-state index contributed by atoms with van der Waals surface area (Å²) >= 11 is 7.28. The lowest BCUT2D eigenvalue weighted by Crippen LogP contribution is -1.98. The average molecular weight is 266 g/mol. The molecule has 92 valence electrons. The first-order chi connectivity index (χ1) is 8.22. The Hall–Kier alpha value is -0.740. The fourth-order valence-corrected chi connectivity index (χ4v) is 2.81. The Morgan fingerprint density at radius 1 is 1.35 bits per heavy atom. The van der Waals surface area contributed by atoms with Crippen LogP contribution in [0.25, 0.3) is 11.0 Å². The van der Waals surface area contributed by atoms with Gasteiger partial charge in [-0.3, -0.25) is 0 Å². The number of hydrogen-bond acceptors (Lipinski definition) is 2. The number of rotatable bonds is 5. The van der Waals surface area contributed by atoms with Crippen LogP contribution < -0.4 is 0 Å². The van der Waals surface area contributed by atoms with Gasteiger partial charge in [0.2, 0.25) is 0 Å². The van der Waals surface area contributed by atoms with E-state index in [0.717, 1.165) is 16.8 Å². The van der Waals surface area contributed by atoms with E-state index in [1.807, 2.05) is 11.8 Å². The van der Waals surface area contributed by atoms with Crippen LogP contribution in [-0.2, 0) is 6.54 Å². The van der Waals surface area contributed by atoms with Gasteiger partial charge in [0.25, 0.3) is 0 Å². The molecule has 1 aromatic heterocycles. The highest BCUT2D eigenvalue weighted by Gasteiger charge is 2.03. The van der Waals surface area contributed by atoms with E-state index in [1.54, 1.807) is 0 Å². The fraction of sp³-hybridized carbons (Fsp3) is 0.462. The first-order valence-corrected chi connectivity index (χ1v) is 7.70. The molecule has 2 nitrogen and oxygen atoms in total. The zero-order valence-corrected chi connectivity index (χ0v) is 12.0. The quantitative estimate of drug-likeness (QED) is 0.648. The molecule has 0 aliphatic rings. The van der Waals surface area contributed by atoms with E-state index < -0.39 is 0 Å². The zero-order chi connectivity index (χ0) is 12.3. The number of fused-ring (bicyclic) bond motifs is 1. The number of nitrogens with one attached hydrogen (secondary N) is 1. The van der Waals surface area contributed by atoms with Crippen LogP contribution in [0.4, 0.5) is 0 Å². The molecule has 4 heteroatoms. The smallest absolute Gasteiger partial charge is 0.178 e. The summed E-state index contributed by atoms with van der Waals surface area (Å²) in [7, 11) is 0. The molecule has 0 bridgehead atoms. The predicted molar refractivity (Wildman–Crippen MR) is 79.5 cm³/mol. The topological polar surface area (TPSA) is 20.7 Å². The van der Waals surface area contributed by atoms with Gasteiger partial charge in [0.05, 0.1) is 11.0 Å². The molecule has 17 heavy (non-hydrogen) atoms. The molecule has 0 aliphatic carbocycles. The van der Waals surface area contributed by atoms with Crippen molar-refractivity contribution in [2.75, 3.05) is 12.0 Å². The van der Waals surface area contributed by atoms with Gasteiger partial charge in [-0.15, -0.1) is 0 Å². The Morgan fingerprint density at radius 3 is 2.94 bits per heavy atom. The van der Waals surface area contributed by atoms with E-state index in [2.05, 4.69) is 40.9 Å². The summed E-state index contributed by atoms with van der Waals surface area (Å²) in [5, 5.41) is 0. The normalized spacial score (nSPS) is 11.2. The van der Waals surface area contributed by atoms with Crippen molar-refractivity contribution in [1.29, 1.82) is 0 Å². The highest BCUT2D eigenvalue weighted by molar-refractivity contribution is 7.98. The van der Waals surface area contributed by atoms with Crippen LogP contribution in [-0.4, -0.2) is 21.6 Å². The van der Waals surface area contributed by atoms with Crippen LogP contribution in [0.2, 0.25) is 0 Å². The number of H-pyrrole nitrogens is 1. The van der Waals surface area contributed by atoms with Crippen LogP contribution in [0.3, 0.4) is 0 Å². The summed E-state index contributed by atoms with van der Waals surface area (Å²) in [5.74, 6) is 1.23. The van der Waals surface area contributed by atoms with Crippen LogP contribution in [0.15, 0.2) is 18.2 Å². The van der Waals surface area contributed by atoms with Gasteiger partial charge < -0.3 is 9.55 Å². The molecule has 0 radical (unpaired) electrons. The maximum absolute atomic E-state index is 5.38. The number of aromatic amines is 1. The number of unbranched alkanes of at least 4 members (excludes halogenated alkanes) is 1. The van der Waals surface area contributed by atoms with E-state index in [0.29, 0.717) is 0 Å². The summed E-state index contributed by atoms with van der Waals surface area (Å²) in [6.45, 7) is 3.12. The van der Waals surface area contributed by atoms with E-state index in [4.69, 9.17) is 12.2 Å². The van der Waals surface area contributed by atoms with E-state index in [1.165, 1.54) is 29.7 Å². The number of imidazole rings is 1. The minimum Gasteiger partial charge on any atom is -0.331 e. The number of aryl methyl sites for hydroxylation is 2. The average Bonchev–Trinajstić information content (AvgIpc) is 2.60. The number of thioether (sulfide) groups is 1. The van der Waals surface area contributed by atoms with Gasteiger partial charge in [-0.25, -0.2) is 0 Å². The third kappa shape index (κ3) is 2.93. The number of aromatic nitrogens is 2. The summed E-state index contributed by atoms with van der Waals surface area (Å²) in [6, 6.07) is 6.46. The Morgan fingerprint density at radius 2 is 2.18 bits per heavy atom. The molecule has 1 N–H and O–H groups in total. The summed E-state index contributed by atoms with van der Waals surface area (Å²) in [4.78, 5) is 3.28. The van der Waals surface area contributed by atoms with Crippen LogP contribution >= 0.6 is 24.0 Å². The van der Waals surface area contributed by atoms with Gasteiger partial charge in [-0.05, 0) is 61.7 Å². The van der Waals surface area contributed by atoms with Crippen molar-refractivity contribution in [3.8, 4) is 0 Å². The molecule has 1 heterocycles. The molecule has 0 spiro atoms. The van der Waals surface area contributed by atoms with Gasteiger partial charge in [0.15, 0.2) is 4.77 Å². The minimum absolute atomic E-state index is 0.842. The van der Waals surface area contributed by atoms with Crippen molar-refractivity contribution in [1.82, 2.24) is 9.55 Å². The second-order valence-electron chi connectivity index (χ2n) is 4.30. The highest BCUT2D eigenvalue weighted by Crippen LogP contribution is 2.16. The lowest BCUT2D eigenvalue weighted by molar-refractivity contribution is 0.643. The first-order valence-electron chi connectivity index (χ1n) is 5.90. The van der Waals surface area contributed by atoms with Crippen molar-refractivity contribution in [3.05, 3.63) is 28.5 Å². The lowest BCUT2D eigenvalue weighted by Gasteiger charge is -2.04. The third-order valence-electron chi connectivity index (χ3n) is 2.91. The Balaban J connectivity index is 2.21. The molecule has 0 saturated carbocycles. The van der Waals surface area contributed by atoms with Crippen molar-refractivity contribution < 1.29 is 0 Å². The van der Waals surface area contributed by atoms with E-state index in [9.17, 15) is 0 Å². The number of benzene rings is 1. The highest BCUT2D eigenvalue weighted by atomic mass is 32.2. The van der Waals surface area contributed by atoms with Gasteiger partial charge in [-0.1, -0.05) is 6.07 Å². The Kier molecular flexibility index (Phi) is 4.29. The van der Waals surface area contributed by atoms with Gasteiger partial charge in [-0.2, -0.15) is 11.8 Å². The van der Waals surface area contributed by atoms with E-state index >= 15 is 0 Å². The van der Waals surface area contributed by atoms with Crippen LogP contribution in [0, 0.1) is 11.7 Å². The lowest BCUT2D eigenvalue weighted by atomic mass is 10.2. The fourth-order valence-electron chi connectivity index (χ4n) is 2.02. The molecule has 1 aromatic carbocycles. The molecule has 2 aromatic rings. The zero-order valence-electron chi connectivity index (χ0n) is 10.3. The molecule has 0 unspecified atom stereocenters. The Bertz CT molecular complexity index is 554. The summed E-state index contributed by atoms with van der Waals surface area (Å²) in [5.41, 5.74) is 3.65. The van der Waals surface area contributed by atoms with Crippen molar-refractivity contribution in [3.63, 3.8) is 0 Å². The van der Waals surface area contributed by atoms with Crippen LogP contribution in [0.5, 0.6) is 0 Å². The third-order valence-corrected chi connectivity index (χ3v) is 3.93. The number of hydrogen-bond donors (Lipinski definition) is 1. The summed E-state index contributed by atoms with van der Waals surface area (Å²) in [6.07, 6.45) is 4.59. The first kappa shape index (κ1) is 12.7. The van der Waals surface area contributed by atoms with Gasteiger partial charge >= 0.3 is 0 Å². The molecule has 0 amide bonds. The largest absolute Gasteiger partial charge is 0.331 e. The maximum Gasteiger partial charge on any atom is 0.178 e. The molecular formula is C13H18N2S2. The van der Waals surface area contributed by atoms with Crippen molar-refractivity contribution in [2.24, 2.45) is 0 Å². The summed E-state index contributed by atoms with van der Waals surface area (Å²) < 4.78 is 3.06. The number of nitrogens with zero attached hydrogens (tertiary/aromatic N) is 1. The van der Waals surface area contributed by atoms with Crippen LogP contribution in [0.1, 0.15) is 18.4 Å². The van der Waals surface area contributed by atoms with E-state index in [-0.39, 0.29) is 0 Å². The van der Waals surface area contributed by atoms with Gasteiger partial charge in [0.1, 0.15) is 0 Å². The second kappa shape index (κ2) is 5.74. The standard InChI is InChI=1S/C13H18N2S2/c1-10-5-6-12-11(9-10)14-13(16)15(12)7-3-4-8-17-2/h5-6,9H,3-4,7-8H2,1-2H3,(H,14,16). The maximum atomic E-state index is 5.38. The molecule has 0 fully saturated rings. The minimum atomic E-state index is 0.842. The molecular weight excluding hydrogens is 248 g/mol. The SMILES string of the molecule is CSCCCCn1c(=S)[nH]c2cc(C)ccc21. The molecule has 0 atom stereocenters. The predicted octanol–water partition coefficient (Wildman–Crippen LogP) is 4.15. The second-order valence-corrected chi connectivity index (χ2v) is 5.67. The molecule has 0 aliphatic heterocycles. The molecule has 0 saturated heterocycles.